The number of benzene rings is 2. The molecule has 0 bridgehead atoms. The summed E-state index contributed by atoms with van der Waals surface area (Å²) in [4.78, 5) is 16.9. The Morgan fingerprint density at radius 2 is 1.92 bits per heavy atom. The molecule has 24 heavy (non-hydrogen) atoms. The summed E-state index contributed by atoms with van der Waals surface area (Å²) in [5.41, 5.74) is 1.65. The molecule has 7 heteroatoms. The van der Waals surface area contributed by atoms with Crippen molar-refractivity contribution in [1.82, 2.24) is 9.55 Å². The third-order valence-corrected chi connectivity index (χ3v) is 3.54. The fourth-order valence-electron chi connectivity index (χ4n) is 2.51. The normalized spacial score (nSPS) is 11.0. The van der Waals surface area contributed by atoms with Crippen LogP contribution in [-0.2, 0) is 6.54 Å². The molecule has 1 amide bonds. The SMILES string of the molecule is CCn1c(NC(=O)c2ccccc2OC(F)F)nc2ccccc21. The summed E-state index contributed by atoms with van der Waals surface area (Å²) in [5, 5.41) is 2.67. The zero-order valence-electron chi connectivity index (χ0n) is 12.9. The van der Waals surface area contributed by atoms with E-state index in [1.54, 1.807) is 6.07 Å². The number of halogens is 2. The molecule has 3 aromatic rings. The van der Waals surface area contributed by atoms with Crippen molar-refractivity contribution in [3.8, 4) is 5.75 Å². The molecule has 0 atom stereocenters. The Balaban J connectivity index is 1.93. The van der Waals surface area contributed by atoms with E-state index in [4.69, 9.17) is 0 Å². The highest BCUT2D eigenvalue weighted by molar-refractivity contribution is 6.06. The fourth-order valence-corrected chi connectivity index (χ4v) is 2.51. The number of carbonyl (C=O) groups excluding carboxylic acids is 1. The summed E-state index contributed by atoms with van der Waals surface area (Å²) in [6, 6.07) is 13.3. The van der Waals surface area contributed by atoms with Gasteiger partial charge in [-0.3, -0.25) is 10.1 Å². The summed E-state index contributed by atoms with van der Waals surface area (Å²) in [5.74, 6) is -0.379. The molecule has 0 aliphatic rings. The minimum absolute atomic E-state index is 0.0208. The maximum atomic E-state index is 12.5. The second-order valence-corrected chi connectivity index (χ2v) is 5.00. The minimum atomic E-state index is -3.00. The number of anilines is 1. The second kappa shape index (κ2) is 6.66. The van der Waals surface area contributed by atoms with E-state index in [9.17, 15) is 13.6 Å². The smallest absolute Gasteiger partial charge is 0.387 e. The number of fused-ring (bicyclic) bond motifs is 1. The quantitative estimate of drug-likeness (QED) is 0.771. The van der Waals surface area contributed by atoms with Gasteiger partial charge in [-0.15, -0.1) is 0 Å². The molecule has 1 heterocycles. The lowest BCUT2D eigenvalue weighted by atomic mass is 10.2. The fraction of sp³-hybridized carbons (Fsp3) is 0.176. The first-order chi connectivity index (χ1) is 11.6. The van der Waals surface area contributed by atoms with Gasteiger partial charge in [0, 0.05) is 6.54 Å². The Bertz CT molecular complexity index is 877. The number of ether oxygens (including phenoxy) is 1. The number of para-hydroxylation sites is 3. The van der Waals surface area contributed by atoms with Crippen molar-refractivity contribution < 1.29 is 18.3 Å². The highest BCUT2D eigenvalue weighted by Crippen LogP contribution is 2.23. The van der Waals surface area contributed by atoms with Crippen LogP contribution in [0.5, 0.6) is 5.75 Å². The largest absolute Gasteiger partial charge is 0.434 e. The van der Waals surface area contributed by atoms with Crippen LogP contribution in [0.4, 0.5) is 14.7 Å². The second-order valence-electron chi connectivity index (χ2n) is 5.00. The van der Waals surface area contributed by atoms with E-state index in [2.05, 4.69) is 15.0 Å². The first-order valence-corrected chi connectivity index (χ1v) is 7.40. The number of hydrogen-bond donors (Lipinski definition) is 1. The van der Waals surface area contributed by atoms with Crippen molar-refractivity contribution in [2.75, 3.05) is 5.32 Å². The van der Waals surface area contributed by atoms with E-state index in [-0.39, 0.29) is 11.3 Å². The van der Waals surface area contributed by atoms with Gasteiger partial charge in [0.05, 0.1) is 16.6 Å². The first-order valence-electron chi connectivity index (χ1n) is 7.40. The van der Waals surface area contributed by atoms with Crippen molar-refractivity contribution in [1.29, 1.82) is 0 Å². The molecule has 1 aromatic heterocycles. The predicted molar refractivity (Wildman–Crippen MR) is 86.4 cm³/mol. The number of nitrogens with one attached hydrogen (secondary N) is 1. The third kappa shape index (κ3) is 3.05. The van der Waals surface area contributed by atoms with Gasteiger partial charge in [0.1, 0.15) is 5.75 Å². The topological polar surface area (TPSA) is 56.2 Å². The van der Waals surface area contributed by atoms with Gasteiger partial charge in [-0.2, -0.15) is 8.78 Å². The number of aryl methyl sites for hydroxylation is 1. The summed E-state index contributed by atoms with van der Waals surface area (Å²) < 4.78 is 31.2. The molecule has 0 fully saturated rings. The van der Waals surface area contributed by atoms with Crippen LogP contribution >= 0.6 is 0 Å². The first kappa shape index (κ1) is 15.9. The molecule has 0 saturated heterocycles. The van der Waals surface area contributed by atoms with Crippen molar-refractivity contribution in [3.63, 3.8) is 0 Å². The van der Waals surface area contributed by atoms with Crippen LogP contribution < -0.4 is 10.1 Å². The number of imidazole rings is 1. The predicted octanol–water partition coefficient (Wildman–Crippen LogP) is 3.91. The van der Waals surface area contributed by atoms with Crippen LogP contribution in [0, 0.1) is 0 Å². The molecule has 124 valence electrons. The average Bonchev–Trinajstić information content (AvgIpc) is 2.91. The van der Waals surface area contributed by atoms with Gasteiger partial charge in [-0.05, 0) is 31.2 Å². The summed E-state index contributed by atoms with van der Waals surface area (Å²) in [6.45, 7) is -0.470. The van der Waals surface area contributed by atoms with E-state index < -0.39 is 12.5 Å². The zero-order valence-corrected chi connectivity index (χ0v) is 12.9. The Hall–Kier alpha value is -2.96. The van der Waals surface area contributed by atoms with Gasteiger partial charge in [-0.25, -0.2) is 4.98 Å². The van der Waals surface area contributed by atoms with Gasteiger partial charge < -0.3 is 9.30 Å². The van der Waals surface area contributed by atoms with Crippen LogP contribution in [-0.4, -0.2) is 22.1 Å². The maximum Gasteiger partial charge on any atom is 0.387 e. The van der Waals surface area contributed by atoms with Gasteiger partial charge >= 0.3 is 6.61 Å². The van der Waals surface area contributed by atoms with Crippen LogP contribution in [0.2, 0.25) is 0 Å². The number of hydrogen-bond acceptors (Lipinski definition) is 3. The van der Waals surface area contributed by atoms with Crippen molar-refractivity contribution in [3.05, 3.63) is 54.1 Å². The van der Waals surface area contributed by atoms with Crippen LogP contribution in [0.3, 0.4) is 0 Å². The van der Waals surface area contributed by atoms with E-state index in [0.717, 1.165) is 11.0 Å². The van der Waals surface area contributed by atoms with E-state index in [0.29, 0.717) is 12.5 Å². The molecular weight excluding hydrogens is 316 g/mol. The maximum absolute atomic E-state index is 12.5. The third-order valence-electron chi connectivity index (χ3n) is 3.54. The standard InChI is InChI=1S/C17H15F2N3O2/c1-2-22-13-9-5-4-8-12(13)20-17(22)21-15(23)11-7-3-6-10-14(11)24-16(18)19/h3-10,16H,2H2,1H3,(H,20,21,23). The molecule has 0 spiro atoms. The van der Waals surface area contributed by atoms with E-state index in [1.807, 2.05) is 35.8 Å². The molecule has 5 nitrogen and oxygen atoms in total. The van der Waals surface area contributed by atoms with Gasteiger partial charge in [0.25, 0.3) is 5.91 Å². The van der Waals surface area contributed by atoms with Crippen LogP contribution in [0.1, 0.15) is 17.3 Å². The van der Waals surface area contributed by atoms with E-state index >= 15 is 0 Å². The molecule has 0 unspecified atom stereocenters. The Morgan fingerprint density at radius 3 is 2.67 bits per heavy atom. The number of alkyl halides is 2. The Labute approximate surface area is 136 Å². The molecular formula is C17H15F2N3O2. The van der Waals surface area contributed by atoms with Crippen molar-refractivity contribution in [2.45, 2.75) is 20.1 Å². The minimum Gasteiger partial charge on any atom is -0.434 e. The lowest BCUT2D eigenvalue weighted by Gasteiger charge is -2.11. The average molecular weight is 331 g/mol. The number of aromatic nitrogens is 2. The highest BCUT2D eigenvalue weighted by Gasteiger charge is 2.18. The molecule has 2 aromatic carbocycles. The number of amides is 1. The monoisotopic (exact) mass is 331 g/mol. The Kier molecular flexibility index (Phi) is 4.41. The molecule has 0 aliphatic carbocycles. The lowest BCUT2D eigenvalue weighted by Crippen LogP contribution is -2.17. The molecule has 0 saturated carbocycles. The van der Waals surface area contributed by atoms with Gasteiger partial charge in [-0.1, -0.05) is 24.3 Å². The van der Waals surface area contributed by atoms with Gasteiger partial charge in [0.15, 0.2) is 0 Å². The summed E-state index contributed by atoms with van der Waals surface area (Å²) >= 11 is 0. The zero-order chi connectivity index (χ0) is 17.1. The molecule has 0 radical (unpaired) electrons. The Morgan fingerprint density at radius 1 is 1.21 bits per heavy atom. The van der Waals surface area contributed by atoms with Crippen molar-refractivity contribution >= 4 is 22.9 Å². The number of nitrogens with zero attached hydrogens (tertiary/aromatic N) is 2. The molecule has 3 rings (SSSR count). The van der Waals surface area contributed by atoms with Crippen LogP contribution in [0.15, 0.2) is 48.5 Å². The summed E-state index contributed by atoms with van der Waals surface area (Å²) in [7, 11) is 0. The van der Waals surface area contributed by atoms with Gasteiger partial charge in [0.2, 0.25) is 5.95 Å². The molecule has 0 aliphatic heterocycles. The van der Waals surface area contributed by atoms with Crippen LogP contribution in [0.25, 0.3) is 11.0 Å². The molecule has 1 N–H and O–H groups in total. The highest BCUT2D eigenvalue weighted by atomic mass is 19.3. The summed E-state index contributed by atoms with van der Waals surface area (Å²) in [6.07, 6.45) is 0. The number of carbonyl (C=O) groups is 1. The lowest BCUT2D eigenvalue weighted by molar-refractivity contribution is -0.0501. The van der Waals surface area contributed by atoms with Crippen molar-refractivity contribution in [2.24, 2.45) is 0 Å². The number of rotatable bonds is 5. The van der Waals surface area contributed by atoms with E-state index in [1.165, 1.54) is 18.2 Å².